The van der Waals surface area contributed by atoms with Gasteiger partial charge in [-0.15, -0.1) is 0 Å². The van der Waals surface area contributed by atoms with Crippen molar-refractivity contribution in [3.63, 3.8) is 0 Å². The van der Waals surface area contributed by atoms with Crippen LogP contribution in [0.1, 0.15) is 36.2 Å². The standard InChI is InChI=1S/C26H27FN8O4/c1-3-8-38-26(37)33-18-6-4-15(5-7-18)20-21(28)35-23-19(13-32-35)24(36)30-10-14(2)39-25-16(9-17(27)12-31-25)11-29-22(20)34-23/h4-7,9,12-14H,3,8,10-11,28H2,1-2H3,(H,29,34)(H,30,36)(H,33,37)/t14-/m0/s1. The maximum absolute atomic E-state index is 14.1. The van der Waals surface area contributed by atoms with Crippen molar-refractivity contribution >= 4 is 35.0 Å². The molecule has 0 spiro atoms. The van der Waals surface area contributed by atoms with E-state index < -0.39 is 23.9 Å². The summed E-state index contributed by atoms with van der Waals surface area (Å²) in [6.07, 6.45) is 2.19. The topological polar surface area (TPSA) is 158 Å². The Morgan fingerprint density at radius 2 is 2.08 bits per heavy atom. The highest BCUT2D eigenvalue weighted by Crippen LogP contribution is 2.35. The van der Waals surface area contributed by atoms with Gasteiger partial charge in [0.1, 0.15) is 29.1 Å². The van der Waals surface area contributed by atoms with Crippen molar-refractivity contribution in [2.75, 3.05) is 29.5 Å². The Balaban J connectivity index is 1.57. The number of hydrogen-bond acceptors (Lipinski definition) is 9. The Morgan fingerprint density at radius 1 is 1.28 bits per heavy atom. The average molecular weight is 535 g/mol. The molecule has 1 atom stereocenters. The fraction of sp³-hybridized carbons (Fsp3) is 0.269. The smallest absolute Gasteiger partial charge is 0.411 e. The summed E-state index contributed by atoms with van der Waals surface area (Å²) in [6, 6.07) is 8.23. The van der Waals surface area contributed by atoms with Gasteiger partial charge in [-0.1, -0.05) is 19.1 Å². The fourth-order valence-corrected chi connectivity index (χ4v) is 4.10. The second kappa shape index (κ2) is 10.8. The summed E-state index contributed by atoms with van der Waals surface area (Å²) in [7, 11) is 0. The number of halogens is 1. The Kier molecular flexibility index (Phi) is 7.12. The average Bonchev–Trinajstić information content (AvgIpc) is 3.35. The normalized spacial score (nSPS) is 15.2. The van der Waals surface area contributed by atoms with E-state index in [1.165, 1.54) is 16.8 Å². The van der Waals surface area contributed by atoms with Gasteiger partial charge in [-0.3, -0.25) is 10.1 Å². The molecule has 39 heavy (non-hydrogen) atoms. The lowest BCUT2D eigenvalue weighted by Gasteiger charge is -2.18. The molecule has 0 radical (unpaired) electrons. The number of rotatable bonds is 4. The van der Waals surface area contributed by atoms with Crippen LogP contribution in [-0.2, 0) is 11.3 Å². The lowest BCUT2D eigenvalue weighted by Crippen LogP contribution is -2.33. The number of carbonyl (C=O) groups excluding carboxylic acids is 2. The summed E-state index contributed by atoms with van der Waals surface area (Å²) in [5, 5.41) is 13.0. The molecular weight excluding hydrogens is 507 g/mol. The quantitative estimate of drug-likeness (QED) is 0.307. The highest BCUT2D eigenvalue weighted by molar-refractivity contribution is 6.01. The number of amides is 2. The first-order valence-corrected chi connectivity index (χ1v) is 12.4. The van der Waals surface area contributed by atoms with Gasteiger partial charge in [0.2, 0.25) is 5.88 Å². The van der Waals surface area contributed by atoms with E-state index in [0.29, 0.717) is 41.2 Å². The highest BCUT2D eigenvalue weighted by atomic mass is 19.1. The third-order valence-corrected chi connectivity index (χ3v) is 5.99. The zero-order valence-corrected chi connectivity index (χ0v) is 21.3. The number of hydrogen-bond donors (Lipinski definition) is 4. The molecule has 5 N–H and O–H groups in total. The summed E-state index contributed by atoms with van der Waals surface area (Å²) in [4.78, 5) is 33.7. The van der Waals surface area contributed by atoms with Crippen LogP contribution >= 0.6 is 0 Å². The largest absolute Gasteiger partial charge is 0.473 e. The zero-order valence-electron chi connectivity index (χ0n) is 21.3. The minimum absolute atomic E-state index is 0.107. The Labute approximate surface area is 222 Å². The molecule has 12 nitrogen and oxygen atoms in total. The van der Waals surface area contributed by atoms with Crippen molar-refractivity contribution in [3.05, 3.63) is 59.7 Å². The van der Waals surface area contributed by atoms with Crippen LogP contribution in [0.2, 0.25) is 0 Å². The van der Waals surface area contributed by atoms with Crippen molar-refractivity contribution in [3.8, 4) is 17.0 Å². The van der Waals surface area contributed by atoms with Gasteiger partial charge in [-0.2, -0.15) is 9.61 Å². The number of benzene rings is 1. The molecule has 0 fully saturated rings. The molecule has 0 aliphatic carbocycles. The molecule has 5 rings (SSSR count). The molecule has 0 unspecified atom stereocenters. The lowest BCUT2D eigenvalue weighted by atomic mass is 10.1. The number of ether oxygens (including phenoxy) is 2. The van der Waals surface area contributed by atoms with Crippen LogP contribution in [0.3, 0.4) is 0 Å². The van der Waals surface area contributed by atoms with Crippen LogP contribution < -0.4 is 26.4 Å². The number of carbonyl (C=O) groups is 2. The SMILES string of the molecule is CCCOC(=O)Nc1ccc(-c2c3nc4c(cnn4c2N)C(=O)NC[C@H](C)Oc2ncc(F)cc2CN3)cc1. The molecule has 3 aromatic heterocycles. The number of nitrogens with one attached hydrogen (secondary N) is 3. The number of aromatic nitrogens is 4. The predicted octanol–water partition coefficient (Wildman–Crippen LogP) is 3.59. The number of nitrogen functional groups attached to an aromatic ring is 1. The summed E-state index contributed by atoms with van der Waals surface area (Å²) in [5.41, 5.74) is 9.19. The number of anilines is 3. The zero-order chi connectivity index (χ0) is 27.5. The third-order valence-electron chi connectivity index (χ3n) is 5.99. The summed E-state index contributed by atoms with van der Waals surface area (Å²) < 4.78 is 26.4. The molecule has 1 aliphatic heterocycles. The number of nitrogens with two attached hydrogens (primary N) is 1. The van der Waals surface area contributed by atoms with Gasteiger partial charge < -0.3 is 25.8 Å². The minimum atomic E-state index is -0.551. The number of pyridine rings is 1. The molecule has 2 amide bonds. The lowest BCUT2D eigenvalue weighted by molar-refractivity contribution is 0.0932. The van der Waals surface area contributed by atoms with Gasteiger partial charge in [-0.25, -0.2) is 19.2 Å². The van der Waals surface area contributed by atoms with Crippen LogP contribution in [-0.4, -0.2) is 50.8 Å². The van der Waals surface area contributed by atoms with Gasteiger partial charge in [0.25, 0.3) is 5.91 Å². The Morgan fingerprint density at radius 3 is 2.85 bits per heavy atom. The van der Waals surface area contributed by atoms with E-state index in [1.54, 1.807) is 31.2 Å². The first-order chi connectivity index (χ1) is 18.8. The van der Waals surface area contributed by atoms with Crippen molar-refractivity contribution in [2.45, 2.75) is 32.9 Å². The second-order valence-electron chi connectivity index (χ2n) is 8.96. The molecule has 2 bridgehead atoms. The molecule has 1 aromatic carbocycles. The predicted molar refractivity (Wildman–Crippen MR) is 142 cm³/mol. The van der Waals surface area contributed by atoms with E-state index in [4.69, 9.17) is 20.2 Å². The molecule has 0 saturated heterocycles. The van der Waals surface area contributed by atoms with Crippen LogP contribution in [0, 0.1) is 5.82 Å². The maximum atomic E-state index is 14.1. The molecule has 202 valence electrons. The van der Waals surface area contributed by atoms with Crippen LogP contribution in [0.15, 0.2) is 42.7 Å². The van der Waals surface area contributed by atoms with E-state index in [0.717, 1.165) is 6.20 Å². The minimum Gasteiger partial charge on any atom is -0.473 e. The van der Waals surface area contributed by atoms with Gasteiger partial charge in [0, 0.05) is 17.8 Å². The van der Waals surface area contributed by atoms with Crippen LogP contribution in [0.5, 0.6) is 5.88 Å². The fourth-order valence-electron chi connectivity index (χ4n) is 4.10. The van der Waals surface area contributed by atoms with Gasteiger partial charge in [-0.05, 0) is 37.1 Å². The molecule has 13 heteroatoms. The van der Waals surface area contributed by atoms with Crippen molar-refractivity contribution in [1.82, 2.24) is 24.9 Å². The van der Waals surface area contributed by atoms with E-state index >= 15 is 0 Å². The van der Waals surface area contributed by atoms with Crippen LogP contribution in [0.4, 0.5) is 26.5 Å². The number of fused-ring (bicyclic) bond motifs is 2. The molecule has 4 heterocycles. The summed E-state index contributed by atoms with van der Waals surface area (Å²) in [6.45, 7) is 4.28. The van der Waals surface area contributed by atoms with Crippen molar-refractivity contribution < 1.29 is 23.5 Å². The van der Waals surface area contributed by atoms with E-state index in [9.17, 15) is 14.0 Å². The summed E-state index contributed by atoms with van der Waals surface area (Å²) in [5.74, 6) is -0.134. The van der Waals surface area contributed by atoms with Gasteiger partial charge in [0.15, 0.2) is 5.65 Å². The monoisotopic (exact) mass is 534 g/mol. The second-order valence-corrected chi connectivity index (χ2v) is 8.96. The Bertz CT molecular complexity index is 1540. The molecule has 4 aromatic rings. The third kappa shape index (κ3) is 5.37. The van der Waals surface area contributed by atoms with Crippen molar-refractivity contribution in [1.29, 1.82) is 0 Å². The summed E-state index contributed by atoms with van der Waals surface area (Å²) >= 11 is 0. The molecule has 1 aliphatic rings. The highest BCUT2D eigenvalue weighted by Gasteiger charge is 2.23. The van der Waals surface area contributed by atoms with Gasteiger partial charge in [0.05, 0.1) is 31.1 Å². The van der Waals surface area contributed by atoms with E-state index in [1.807, 2.05) is 6.92 Å². The maximum Gasteiger partial charge on any atom is 0.411 e. The first kappa shape index (κ1) is 25.7. The van der Waals surface area contributed by atoms with Crippen LogP contribution in [0.25, 0.3) is 16.8 Å². The van der Waals surface area contributed by atoms with E-state index in [-0.39, 0.29) is 36.0 Å². The number of nitrogens with zero attached hydrogens (tertiary/aromatic N) is 4. The molecule has 0 saturated carbocycles. The van der Waals surface area contributed by atoms with E-state index in [2.05, 4.69) is 26.0 Å². The Hall–Kier alpha value is -4.94. The molecular formula is C26H27FN8O4. The van der Waals surface area contributed by atoms with Gasteiger partial charge >= 0.3 is 6.09 Å². The van der Waals surface area contributed by atoms with Crippen molar-refractivity contribution in [2.24, 2.45) is 0 Å². The first-order valence-electron chi connectivity index (χ1n) is 12.4.